The molecule has 1 unspecified atom stereocenters. The van der Waals surface area contributed by atoms with Crippen molar-refractivity contribution in [2.24, 2.45) is 0 Å². The molecule has 0 aliphatic heterocycles. The van der Waals surface area contributed by atoms with Crippen LogP contribution in [0.5, 0.6) is 0 Å². The summed E-state index contributed by atoms with van der Waals surface area (Å²) in [6.07, 6.45) is 0.756. The third kappa shape index (κ3) is 2.71. The Morgan fingerprint density at radius 3 is 2.89 bits per heavy atom. The molecule has 0 aromatic carbocycles. The van der Waals surface area contributed by atoms with Gasteiger partial charge < -0.3 is 9.52 Å². The predicted octanol–water partition coefficient (Wildman–Crippen LogP) is 3.16. The van der Waals surface area contributed by atoms with E-state index < -0.39 is 11.0 Å². The van der Waals surface area contributed by atoms with E-state index in [4.69, 9.17) is 4.42 Å². The van der Waals surface area contributed by atoms with Crippen LogP contribution in [0.25, 0.3) is 0 Å². The molecular formula is C10H10N2O4S2. The van der Waals surface area contributed by atoms with Crippen molar-refractivity contribution in [2.75, 3.05) is 0 Å². The fourth-order valence-corrected chi connectivity index (χ4v) is 3.39. The lowest BCUT2D eigenvalue weighted by atomic mass is 10.3. The molecule has 2 aromatic rings. The van der Waals surface area contributed by atoms with Crippen LogP contribution >= 0.6 is 23.1 Å². The molecule has 0 aliphatic carbocycles. The Bertz CT molecular complexity index is 576. The minimum absolute atomic E-state index is 0.0308. The van der Waals surface area contributed by atoms with Crippen LogP contribution in [-0.4, -0.2) is 15.0 Å². The fraction of sp³-hybridized carbons (Fsp3) is 0.300. The molecule has 1 atom stereocenters. The number of aryl methyl sites for hydroxylation is 1. The van der Waals surface area contributed by atoms with E-state index in [0.717, 1.165) is 11.8 Å². The molecule has 2 heterocycles. The summed E-state index contributed by atoms with van der Waals surface area (Å²) < 4.78 is 5.60. The van der Waals surface area contributed by atoms with Crippen LogP contribution in [-0.2, 0) is 0 Å². The fourth-order valence-electron chi connectivity index (χ4n) is 1.25. The number of aliphatic hydroxyl groups excluding tert-OH is 1. The molecule has 0 spiro atoms. The number of oxazole rings is 1. The van der Waals surface area contributed by atoms with Gasteiger partial charge in [-0.3, -0.25) is 10.1 Å². The normalized spacial score (nSPS) is 12.6. The number of aliphatic hydroxyl groups is 1. The van der Waals surface area contributed by atoms with E-state index in [9.17, 15) is 15.2 Å². The van der Waals surface area contributed by atoms with Gasteiger partial charge in [-0.1, -0.05) is 0 Å². The molecule has 0 saturated heterocycles. The van der Waals surface area contributed by atoms with E-state index in [-0.39, 0.29) is 5.69 Å². The van der Waals surface area contributed by atoms with Gasteiger partial charge in [0.1, 0.15) is 10.5 Å². The monoisotopic (exact) mass is 286 g/mol. The number of thiophene rings is 1. The summed E-state index contributed by atoms with van der Waals surface area (Å²) in [5, 5.41) is 20.7. The Labute approximate surface area is 111 Å². The van der Waals surface area contributed by atoms with Crippen LogP contribution in [0.15, 0.2) is 26.2 Å². The van der Waals surface area contributed by atoms with Crippen molar-refractivity contribution >= 4 is 28.8 Å². The second-order valence-corrected chi connectivity index (χ2v) is 5.92. The molecule has 0 amide bonds. The summed E-state index contributed by atoms with van der Waals surface area (Å²) in [5.41, 5.74) is 0.684. The molecule has 0 aliphatic rings. The molecule has 8 heteroatoms. The van der Waals surface area contributed by atoms with E-state index >= 15 is 0 Å². The van der Waals surface area contributed by atoms with Crippen LogP contribution in [0, 0.1) is 17.0 Å². The van der Waals surface area contributed by atoms with E-state index in [1.165, 1.54) is 23.7 Å². The largest absolute Gasteiger partial charge is 0.439 e. The van der Waals surface area contributed by atoms with Crippen molar-refractivity contribution < 1.29 is 14.4 Å². The van der Waals surface area contributed by atoms with Gasteiger partial charge in [0.2, 0.25) is 0 Å². The van der Waals surface area contributed by atoms with Crippen LogP contribution in [0.4, 0.5) is 5.69 Å². The quantitative estimate of drug-likeness (QED) is 0.686. The summed E-state index contributed by atoms with van der Waals surface area (Å²) >= 11 is 2.26. The Morgan fingerprint density at radius 1 is 1.67 bits per heavy atom. The number of nitrogens with zero attached hydrogens (tertiary/aromatic N) is 2. The van der Waals surface area contributed by atoms with Gasteiger partial charge in [0.25, 0.3) is 10.9 Å². The lowest BCUT2D eigenvalue weighted by molar-refractivity contribution is -0.387. The molecule has 0 bridgehead atoms. The average Bonchev–Trinajstić information content (AvgIpc) is 2.85. The lowest BCUT2D eigenvalue weighted by Crippen LogP contribution is -1.87. The molecule has 2 rings (SSSR count). The highest BCUT2D eigenvalue weighted by atomic mass is 32.2. The minimum atomic E-state index is -0.727. The lowest BCUT2D eigenvalue weighted by Gasteiger charge is -1.95. The summed E-state index contributed by atoms with van der Waals surface area (Å²) in [5.74, 6) is 0. The maximum atomic E-state index is 10.9. The molecular weight excluding hydrogens is 276 g/mol. The maximum absolute atomic E-state index is 10.9. The number of hydrogen-bond acceptors (Lipinski definition) is 7. The first-order valence-corrected chi connectivity index (χ1v) is 6.67. The van der Waals surface area contributed by atoms with Gasteiger partial charge in [0, 0.05) is 10.9 Å². The third-order valence-electron chi connectivity index (χ3n) is 2.09. The van der Waals surface area contributed by atoms with Crippen LogP contribution < -0.4 is 0 Å². The Kier molecular flexibility index (Phi) is 3.69. The number of aromatic nitrogens is 1. The van der Waals surface area contributed by atoms with Gasteiger partial charge in [-0.15, -0.1) is 11.3 Å². The van der Waals surface area contributed by atoms with Crippen LogP contribution in [0.2, 0.25) is 0 Å². The zero-order chi connectivity index (χ0) is 13.3. The Hall–Kier alpha value is -1.38. The van der Waals surface area contributed by atoms with Gasteiger partial charge in [-0.2, -0.15) is 0 Å². The first kappa shape index (κ1) is 13.1. The van der Waals surface area contributed by atoms with Gasteiger partial charge in [-0.25, -0.2) is 4.98 Å². The average molecular weight is 286 g/mol. The second-order valence-electron chi connectivity index (χ2n) is 3.61. The van der Waals surface area contributed by atoms with Crippen molar-refractivity contribution in [1.29, 1.82) is 0 Å². The standard InChI is InChI=1S/C10H10N2O4S2/c1-5-4-16-10(11-5)18-9-7(12(14)15)3-8(17-9)6(2)13/h3-4,6,13H,1-2H3. The van der Waals surface area contributed by atoms with Gasteiger partial charge in [0.05, 0.1) is 16.7 Å². The highest BCUT2D eigenvalue weighted by molar-refractivity contribution is 8.01. The molecule has 0 saturated carbocycles. The molecule has 6 nitrogen and oxygen atoms in total. The second kappa shape index (κ2) is 5.09. The maximum Gasteiger partial charge on any atom is 0.294 e. The smallest absolute Gasteiger partial charge is 0.294 e. The molecule has 2 aromatic heterocycles. The summed E-state index contributed by atoms with van der Waals surface area (Å²) in [7, 11) is 0. The molecule has 1 N–H and O–H groups in total. The first-order valence-electron chi connectivity index (χ1n) is 5.03. The Balaban J connectivity index is 2.33. The van der Waals surface area contributed by atoms with Crippen molar-refractivity contribution in [3.05, 3.63) is 33.0 Å². The number of rotatable bonds is 4. The van der Waals surface area contributed by atoms with Crippen molar-refractivity contribution in [2.45, 2.75) is 29.4 Å². The van der Waals surface area contributed by atoms with E-state index in [1.807, 2.05) is 0 Å². The van der Waals surface area contributed by atoms with E-state index in [0.29, 0.717) is 20.0 Å². The zero-order valence-corrected chi connectivity index (χ0v) is 11.2. The molecule has 18 heavy (non-hydrogen) atoms. The molecule has 0 radical (unpaired) electrons. The van der Waals surface area contributed by atoms with Crippen molar-refractivity contribution in [3.8, 4) is 0 Å². The number of nitro groups is 1. The first-order chi connectivity index (χ1) is 8.47. The summed E-state index contributed by atoms with van der Waals surface area (Å²) in [6, 6.07) is 1.38. The highest BCUT2D eigenvalue weighted by Crippen LogP contribution is 2.42. The molecule has 96 valence electrons. The minimum Gasteiger partial charge on any atom is -0.439 e. The zero-order valence-electron chi connectivity index (χ0n) is 9.61. The predicted molar refractivity (Wildman–Crippen MR) is 67.0 cm³/mol. The molecule has 0 fully saturated rings. The topological polar surface area (TPSA) is 89.4 Å². The number of hydrogen-bond donors (Lipinski definition) is 1. The highest BCUT2D eigenvalue weighted by Gasteiger charge is 2.23. The van der Waals surface area contributed by atoms with E-state index in [2.05, 4.69) is 4.98 Å². The van der Waals surface area contributed by atoms with Crippen LogP contribution in [0.3, 0.4) is 0 Å². The van der Waals surface area contributed by atoms with Gasteiger partial charge >= 0.3 is 0 Å². The summed E-state index contributed by atoms with van der Waals surface area (Å²) in [6.45, 7) is 3.34. The van der Waals surface area contributed by atoms with Gasteiger partial charge in [0.15, 0.2) is 0 Å². The van der Waals surface area contributed by atoms with E-state index in [1.54, 1.807) is 13.8 Å². The Morgan fingerprint density at radius 2 is 2.39 bits per heavy atom. The van der Waals surface area contributed by atoms with Crippen molar-refractivity contribution in [3.63, 3.8) is 0 Å². The summed E-state index contributed by atoms with van der Waals surface area (Å²) in [4.78, 5) is 15.1. The van der Waals surface area contributed by atoms with Crippen molar-refractivity contribution in [1.82, 2.24) is 4.98 Å². The van der Waals surface area contributed by atoms with Crippen LogP contribution in [0.1, 0.15) is 23.6 Å². The third-order valence-corrected chi connectivity index (χ3v) is 4.43. The van der Waals surface area contributed by atoms with Gasteiger partial charge in [-0.05, 0) is 25.6 Å². The SMILES string of the molecule is Cc1coc(Sc2sc(C(C)O)cc2[N+](=O)[O-])n1.